The van der Waals surface area contributed by atoms with Crippen molar-refractivity contribution in [3.63, 3.8) is 0 Å². The first-order valence-corrected chi connectivity index (χ1v) is 3.00. The van der Waals surface area contributed by atoms with Gasteiger partial charge in [-0.25, -0.2) is 4.98 Å². The lowest BCUT2D eigenvalue weighted by Crippen LogP contribution is -2.08. The fraction of sp³-hybridized carbons (Fsp3) is 0. The zero-order chi connectivity index (χ0) is 9.14. The van der Waals surface area contributed by atoms with E-state index < -0.39 is 4.92 Å². The first kappa shape index (κ1) is 8.38. The van der Waals surface area contributed by atoms with Crippen LogP contribution < -0.4 is 5.46 Å². The highest BCUT2D eigenvalue weighted by Crippen LogP contribution is 2.10. The number of pyridine rings is 1. The minimum atomic E-state index is -0.701. The van der Waals surface area contributed by atoms with Crippen LogP contribution >= 0.6 is 0 Å². The van der Waals surface area contributed by atoms with E-state index in [0.29, 0.717) is 6.29 Å². The molecule has 0 N–H and O–H groups in total. The number of nitro groups is 1. The average molecular weight is 162 g/mol. The molecule has 58 valence electrons. The Bertz CT molecular complexity index is 340. The number of carbonyl (C=O) groups is 1. The zero-order valence-corrected chi connectivity index (χ0v) is 5.93. The van der Waals surface area contributed by atoms with Crippen molar-refractivity contribution >= 4 is 25.3 Å². The van der Waals surface area contributed by atoms with Crippen molar-refractivity contribution in [1.29, 1.82) is 0 Å². The predicted molar refractivity (Wildman–Crippen MR) is 41.7 cm³/mol. The number of aromatic nitrogens is 1. The van der Waals surface area contributed by atoms with Crippen LogP contribution in [0, 0.1) is 10.1 Å². The molecule has 1 heterocycles. The second kappa shape index (κ2) is 3.12. The molecule has 0 fully saturated rings. The monoisotopic (exact) mass is 162 g/mol. The third kappa shape index (κ3) is 1.47. The molecule has 1 aromatic rings. The van der Waals surface area contributed by atoms with Gasteiger partial charge in [-0.15, -0.1) is 0 Å². The lowest BCUT2D eigenvalue weighted by molar-refractivity contribution is -0.385. The molecule has 0 amide bonds. The number of hydrogen-bond donors (Lipinski definition) is 0. The highest BCUT2D eigenvalue weighted by atomic mass is 16.6. The predicted octanol–water partition coefficient (Wildman–Crippen LogP) is -0.404. The van der Waals surface area contributed by atoms with Gasteiger partial charge in [-0.2, -0.15) is 0 Å². The topological polar surface area (TPSA) is 73.1 Å². The second-order valence-corrected chi connectivity index (χ2v) is 2.05. The lowest BCUT2D eigenvalue weighted by Gasteiger charge is -1.95. The summed E-state index contributed by atoms with van der Waals surface area (Å²) in [6.45, 7) is 0. The van der Waals surface area contributed by atoms with E-state index in [0.717, 1.165) is 6.07 Å². The summed E-state index contributed by atoms with van der Waals surface area (Å²) in [4.78, 5) is 23.3. The fourth-order valence-electron chi connectivity index (χ4n) is 0.716. The SMILES string of the molecule is [B]c1cnc(C=O)c([N+](=O)[O-])c1. The van der Waals surface area contributed by atoms with Gasteiger partial charge in [-0.1, -0.05) is 5.46 Å². The van der Waals surface area contributed by atoms with Crippen LogP contribution in [0.5, 0.6) is 0 Å². The van der Waals surface area contributed by atoms with E-state index in [4.69, 9.17) is 7.85 Å². The summed E-state index contributed by atoms with van der Waals surface area (Å²) in [5.41, 5.74) is -0.425. The van der Waals surface area contributed by atoms with Crippen molar-refractivity contribution in [3.05, 3.63) is 28.1 Å². The van der Waals surface area contributed by atoms with Crippen LogP contribution in [-0.4, -0.2) is 24.0 Å². The minimum Gasteiger partial charge on any atom is -0.296 e. The van der Waals surface area contributed by atoms with Gasteiger partial charge in [0.05, 0.1) is 4.92 Å². The molecular formula is C6H3BN2O3. The van der Waals surface area contributed by atoms with E-state index in [1.165, 1.54) is 6.20 Å². The summed E-state index contributed by atoms with van der Waals surface area (Å²) in [7, 11) is 5.24. The molecule has 12 heavy (non-hydrogen) atoms. The molecule has 5 nitrogen and oxygen atoms in total. The van der Waals surface area contributed by atoms with Gasteiger partial charge in [-0.05, 0) is 0 Å². The maximum atomic E-state index is 10.3. The van der Waals surface area contributed by atoms with E-state index in [1.807, 2.05) is 0 Å². The summed E-state index contributed by atoms with van der Waals surface area (Å²) in [6, 6.07) is 1.09. The van der Waals surface area contributed by atoms with E-state index in [-0.39, 0.29) is 16.8 Å². The first-order valence-electron chi connectivity index (χ1n) is 3.00. The van der Waals surface area contributed by atoms with E-state index in [9.17, 15) is 14.9 Å². The maximum Gasteiger partial charge on any atom is 0.297 e. The number of nitrogens with zero attached hydrogens (tertiary/aromatic N) is 2. The highest BCUT2D eigenvalue weighted by molar-refractivity contribution is 6.32. The molecule has 1 rings (SSSR count). The number of rotatable bonds is 2. The number of hydrogen-bond acceptors (Lipinski definition) is 4. The largest absolute Gasteiger partial charge is 0.297 e. The van der Waals surface area contributed by atoms with Crippen LogP contribution in [0.1, 0.15) is 10.5 Å². The Morgan fingerprint density at radius 2 is 2.33 bits per heavy atom. The molecule has 2 radical (unpaired) electrons. The molecule has 0 aliphatic rings. The van der Waals surface area contributed by atoms with Gasteiger partial charge in [0.15, 0.2) is 12.0 Å². The van der Waals surface area contributed by atoms with Gasteiger partial charge in [0.1, 0.15) is 7.85 Å². The summed E-state index contributed by atoms with van der Waals surface area (Å²) in [6.07, 6.45) is 1.51. The molecule has 0 unspecified atom stereocenters. The Morgan fingerprint density at radius 3 is 2.83 bits per heavy atom. The third-order valence-electron chi connectivity index (χ3n) is 1.23. The van der Waals surface area contributed by atoms with Crippen molar-refractivity contribution in [3.8, 4) is 0 Å². The molecule has 0 aliphatic heterocycles. The van der Waals surface area contributed by atoms with Crippen molar-refractivity contribution in [1.82, 2.24) is 4.98 Å². The smallest absolute Gasteiger partial charge is 0.296 e. The van der Waals surface area contributed by atoms with E-state index in [1.54, 1.807) is 0 Å². The molecule has 0 saturated carbocycles. The van der Waals surface area contributed by atoms with Crippen LogP contribution in [0.4, 0.5) is 5.69 Å². The molecular weight excluding hydrogens is 159 g/mol. The maximum absolute atomic E-state index is 10.3. The van der Waals surface area contributed by atoms with Crippen LogP contribution in [0.3, 0.4) is 0 Å². The fourth-order valence-corrected chi connectivity index (χ4v) is 0.716. The number of carbonyl (C=O) groups excluding carboxylic acids is 1. The normalized spacial score (nSPS) is 9.33. The molecule has 0 atom stereocenters. The van der Waals surface area contributed by atoms with Crippen LogP contribution in [-0.2, 0) is 0 Å². The third-order valence-corrected chi connectivity index (χ3v) is 1.23. The summed E-state index contributed by atoms with van der Waals surface area (Å²) in [5, 5.41) is 10.3. The van der Waals surface area contributed by atoms with Crippen molar-refractivity contribution in [2.75, 3.05) is 0 Å². The second-order valence-electron chi connectivity index (χ2n) is 2.05. The Hall–Kier alpha value is -1.72. The highest BCUT2D eigenvalue weighted by Gasteiger charge is 2.13. The molecule has 6 heteroatoms. The van der Waals surface area contributed by atoms with E-state index >= 15 is 0 Å². The first-order chi connectivity index (χ1) is 5.65. The quantitative estimate of drug-likeness (QED) is 0.256. The lowest BCUT2D eigenvalue weighted by atomic mass is 9.98. The van der Waals surface area contributed by atoms with Crippen LogP contribution in [0.2, 0.25) is 0 Å². The molecule has 1 aromatic heterocycles. The minimum absolute atomic E-state index is 0.160. The van der Waals surface area contributed by atoms with Crippen LogP contribution in [0.15, 0.2) is 12.3 Å². The average Bonchev–Trinajstić information content (AvgIpc) is 2.04. The number of aldehydes is 1. The molecule has 0 saturated heterocycles. The Labute approximate surface area is 69.0 Å². The Kier molecular flexibility index (Phi) is 2.18. The Balaban J connectivity index is 3.30. The standard InChI is InChI=1S/C6H3BN2O3/c7-4-1-6(9(11)12)5(3-10)8-2-4/h1-3H. The zero-order valence-electron chi connectivity index (χ0n) is 5.93. The molecule has 0 spiro atoms. The van der Waals surface area contributed by atoms with Gasteiger partial charge in [0.2, 0.25) is 0 Å². The summed E-state index contributed by atoms with van der Waals surface area (Å²) in [5.74, 6) is 0. The summed E-state index contributed by atoms with van der Waals surface area (Å²) >= 11 is 0. The molecule has 0 bridgehead atoms. The van der Waals surface area contributed by atoms with Gasteiger partial charge < -0.3 is 0 Å². The van der Waals surface area contributed by atoms with Gasteiger partial charge in [-0.3, -0.25) is 14.9 Å². The summed E-state index contributed by atoms with van der Waals surface area (Å²) < 4.78 is 0. The molecule has 0 aliphatic carbocycles. The van der Waals surface area contributed by atoms with Gasteiger partial charge in [0.25, 0.3) is 5.69 Å². The van der Waals surface area contributed by atoms with Crippen molar-refractivity contribution in [2.45, 2.75) is 0 Å². The van der Waals surface area contributed by atoms with Crippen molar-refractivity contribution in [2.24, 2.45) is 0 Å². The van der Waals surface area contributed by atoms with Gasteiger partial charge in [0, 0.05) is 12.3 Å². The van der Waals surface area contributed by atoms with E-state index in [2.05, 4.69) is 4.98 Å². The Morgan fingerprint density at radius 1 is 1.67 bits per heavy atom. The van der Waals surface area contributed by atoms with Crippen molar-refractivity contribution < 1.29 is 9.72 Å². The van der Waals surface area contributed by atoms with Crippen LogP contribution in [0.25, 0.3) is 0 Å². The van der Waals surface area contributed by atoms with Gasteiger partial charge >= 0.3 is 0 Å². The molecule has 0 aromatic carbocycles.